The van der Waals surface area contributed by atoms with E-state index in [2.05, 4.69) is 52.1 Å². The lowest BCUT2D eigenvalue weighted by atomic mass is 9.92. The number of rotatable bonds is 4. The molecule has 1 aromatic carbocycles. The summed E-state index contributed by atoms with van der Waals surface area (Å²) in [5, 5.41) is 13.5. The van der Waals surface area contributed by atoms with Crippen molar-refractivity contribution in [1.82, 2.24) is 24.6 Å². The predicted molar refractivity (Wildman–Crippen MR) is 114 cm³/mol. The molecule has 0 spiro atoms. The number of benzene rings is 1. The van der Waals surface area contributed by atoms with Crippen molar-refractivity contribution in [1.29, 1.82) is 5.26 Å². The minimum absolute atomic E-state index is 0.195. The first-order chi connectivity index (χ1) is 14.3. The summed E-state index contributed by atoms with van der Waals surface area (Å²) in [6, 6.07) is 6.52. The number of nitrogens with two attached hydrogens (primary N) is 1. The van der Waals surface area contributed by atoms with E-state index in [0.717, 1.165) is 25.1 Å². The summed E-state index contributed by atoms with van der Waals surface area (Å²) >= 11 is 0. The van der Waals surface area contributed by atoms with E-state index >= 15 is 0 Å². The van der Waals surface area contributed by atoms with E-state index in [1.807, 2.05) is 0 Å². The maximum atomic E-state index is 9.28. The smallest absolute Gasteiger partial charge is 0.263 e. The fourth-order valence-electron chi connectivity index (χ4n) is 3.63. The maximum Gasteiger partial charge on any atom is 0.263 e. The molecular weight excluding hydrogens is 378 g/mol. The molecule has 2 aromatic heterocycles. The number of fused-ring (bicyclic) bond motifs is 1. The van der Waals surface area contributed by atoms with Gasteiger partial charge in [-0.2, -0.15) is 10.4 Å². The molecule has 0 aliphatic carbocycles. The van der Waals surface area contributed by atoms with Gasteiger partial charge in [-0.1, -0.05) is 0 Å². The molecule has 0 saturated carbocycles. The average Bonchev–Trinajstić information content (AvgIpc) is 3.18. The van der Waals surface area contributed by atoms with Gasteiger partial charge in [0.15, 0.2) is 11.6 Å². The average molecular weight is 403 g/mol. The number of nitrogen functional groups attached to an aromatic ring is 1. The molecule has 8 heteroatoms. The fourth-order valence-corrected chi connectivity index (χ4v) is 3.63. The highest BCUT2D eigenvalue weighted by Gasteiger charge is 2.21. The molecule has 0 unspecified atom stereocenters. The third-order valence-electron chi connectivity index (χ3n) is 5.43. The molecule has 1 aliphatic rings. The zero-order chi connectivity index (χ0) is 21.5. The van der Waals surface area contributed by atoms with Crippen LogP contribution in [-0.2, 0) is 18.5 Å². The second kappa shape index (κ2) is 7.43. The van der Waals surface area contributed by atoms with Crippen LogP contribution < -0.4 is 10.5 Å². The summed E-state index contributed by atoms with van der Waals surface area (Å²) in [5.74, 6) is 0.856. The van der Waals surface area contributed by atoms with Gasteiger partial charge in [0.25, 0.3) is 5.88 Å². The molecule has 0 fully saturated rings. The van der Waals surface area contributed by atoms with Crippen LogP contribution in [-0.4, -0.2) is 38.2 Å². The first kappa shape index (κ1) is 19.9. The van der Waals surface area contributed by atoms with Crippen LogP contribution >= 0.6 is 0 Å². The minimum Gasteiger partial charge on any atom is -0.433 e. The van der Waals surface area contributed by atoms with Gasteiger partial charge in [0.05, 0.1) is 30.4 Å². The molecule has 0 saturated heterocycles. The first-order valence-electron chi connectivity index (χ1n) is 9.85. The van der Waals surface area contributed by atoms with Crippen molar-refractivity contribution in [2.24, 2.45) is 0 Å². The van der Waals surface area contributed by atoms with Crippen molar-refractivity contribution < 1.29 is 4.74 Å². The van der Waals surface area contributed by atoms with Crippen LogP contribution in [0.1, 0.15) is 30.5 Å². The summed E-state index contributed by atoms with van der Waals surface area (Å²) in [6.07, 6.45) is 5.91. The molecule has 1 aliphatic heterocycles. The van der Waals surface area contributed by atoms with Gasteiger partial charge in [0.1, 0.15) is 5.54 Å². The topological polar surface area (TPSA) is 106 Å². The quantitative estimate of drug-likeness (QED) is 0.712. The molecule has 0 bridgehead atoms. The summed E-state index contributed by atoms with van der Waals surface area (Å²) in [4.78, 5) is 11.2. The van der Waals surface area contributed by atoms with E-state index < -0.39 is 5.54 Å². The minimum atomic E-state index is -0.783. The normalized spacial score (nSPS) is 14.2. The van der Waals surface area contributed by atoms with Crippen LogP contribution in [0.3, 0.4) is 0 Å². The van der Waals surface area contributed by atoms with E-state index in [1.54, 1.807) is 30.9 Å². The van der Waals surface area contributed by atoms with Crippen molar-refractivity contribution in [3.63, 3.8) is 0 Å². The van der Waals surface area contributed by atoms with E-state index in [0.29, 0.717) is 11.4 Å². The van der Waals surface area contributed by atoms with E-state index in [9.17, 15) is 5.26 Å². The number of ether oxygens (including phenoxy) is 1. The van der Waals surface area contributed by atoms with Gasteiger partial charge in [0, 0.05) is 18.7 Å². The Kier molecular flexibility index (Phi) is 4.92. The molecule has 154 valence electrons. The molecule has 0 radical (unpaired) electrons. The summed E-state index contributed by atoms with van der Waals surface area (Å²) in [6.45, 7) is 7.68. The number of nitrogens with zero attached hydrogens (tertiary/aromatic N) is 6. The summed E-state index contributed by atoms with van der Waals surface area (Å²) in [7, 11) is 2.13. The van der Waals surface area contributed by atoms with Crippen molar-refractivity contribution in [2.45, 2.75) is 39.3 Å². The SMILES string of the molecule is Cc1cc(-c2cnc(N)c(Oc3cnn(C(C)(C)C#N)c3)n2)cc2c1CCN(C)C2. The number of hydrogen-bond acceptors (Lipinski definition) is 7. The van der Waals surface area contributed by atoms with Gasteiger partial charge in [-0.05, 0) is 63.1 Å². The zero-order valence-electron chi connectivity index (χ0n) is 17.7. The van der Waals surface area contributed by atoms with E-state index in [4.69, 9.17) is 10.5 Å². The molecular formula is C22H25N7O. The Bertz CT molecular complexity index is 1140. The second-order valence-electron chi connectivity index (χ2n) is 8.26. The van der Waals surface area contributed by atoms with Crippen molar-refractivity contribution in [3.05, 3.63) is 47.4 Å². The molecule has 3 aromatic rings. The predicted octanol–water partition coefficient (Wildman–Crippen LogP) is 3.27. The number of nitriles is 1. The van der Waals surface area contributed by atoms with Gasteiger partial charge in [-0.15, -0.1) is 0 Å². The van der Waals surface area contributed by atoms with Crippen molar-refractivity contribution >= 4 is 5.82 Å². The Morgan fingerprint density at radius 1 is 1.27 bits per heavy atom. The zero-order valence-corrected chi connectivity index (χ0v) is 17.7. The monoisotopic (exact) mass is 403 g/mol. The molecule has 0 amide bonds. The number of anilines is 1. The molecule has 0 atom stereocenters. The molecule has 3 heterocycles. The number of aromatic nitrogens is 4. The van der Waals surface area contributed by atoms with E-state index in [-0.39, 0.29) is 11.7 Å². The molecule has 2 N–H and O–H groups in total. The lowest BCUT2D eigenvalue weighted by Crippen LogP contribution is -2.27. The van der Waals surface area contributed by atoms with Crippen LogP contribution in [0, 0.1) is 18.3 Å². The molecule has 4 rings (SSSR count). The van der Waals surface area contributed by atoms with Gasteiger partial charge in [-0.25, -0.2) is 14.6 Å². The fraction of sp³-hybridized carbons (Fsp3) is 0.364. The Balaban J connectivity index is 1.66. The Labute approximate surface area is 175 Å². The summed E-state index contributed by atoms with van der Waals surface area (Å²) in [5.41, 5.74) is 10.9. The van der Waals surface area contributed by atoms with Crippen molar-refractivity contribution in [2.75, 3.05) is 19.3 Å². The highest BCUT2D eigenvalue weighted by atomic mass is 16.5. The van der Waals surface area contributed by atoms with Crippen LogP contribution in [0.2, 0.25) is 0 Å². The lowest BCUT2D eigenvalue weighted by Gasteiger charge is -2.27. The Morgan fingerprint density at radius 3 is 2.83 bits per heavy atom. The van der Waals surface area contributed by atoms with Gasteiger partial charge >= 0.3 is 0 Å². The van der Waals surface area contributed by atoms with Gasteiger partial charge in [0.2, 0.25) is 0 Å². The third-order valence-corrected chi connectivity index (χ3v) is 5.43. The maximum absolute atomic E-state index is 9.28. The first-order valence-corrected chi connectivity index (χ1v) is 9.85. The number of hydrogen-bond donors (Lipinski definition) is 1. The van der Waals surface area contributed by atoms with Crippen molar-refractivity contribution in [3.8, 4) is 29.0 Å². The largest absolute Gasteiger partial charge is 0.433 e. The standard InChI is InChI=1S/C22H25N7O/c1-14-7-15(8-16-11-28(4)6-5-18(14)16)19-10-25-20(24)21(27-19)30-17-9-26-29(12-17)22(2,3)13-23/h7-10,12H,5-6,11H2,1-4H3,(H2,24,25). The highest BCUT2D eigenvalue weighted by Crippen LogP contribution is 2.31. The molecule has 30 heavy (non-hydrogen) atoms. The van der Waals surface area contributed by atoms with Crippen LogP contribution in [0.5, 0.6) is 11.6 Å². The van der Waals surface area contributed by atoms with E-state index in [1.165, 1.54) is 22.9 Å². The van der Waals surface area contributed by atoms with Crippen LogP contribution in [0.25, 0.3) is 11.3 Å². The van der Waals surface area contributed by atoms with Crippen LogP contribution in [0.15, 0.2) is 30.7 Å². The Morgan fingerprint density at radius 2 is 2.07 bits per heavy atom. The van der Waals surface area contributed by atoms with Crippen LogP contribution in [0.4, 0.5) is 5.82 Å². The highest BCUT2D eigenvalue weighted by molar-refractivity contribution is 5.64. The number of aryl methyl sites for hydroxylation is 1. The molecule has 8 nitrogen and oxygen atoms in total. The lowest BCUT2D eigenvalue weighted by molar-refractivity contribution is 0.312. The second-order valence-corrected chi connectivity index (χ2v) is 8.26. The summed E-state index contributed by atoms with van der Waals surface area (Å²) < 4.78 is 7.39. The Hall–Kier alpha value is -3.44. The van der Waals surface area contributed by atoms with Gasteiger partial charge in [-0.3, -0.25) is 0 Å². The number of likely N-dealkylation sites (N-methyl/N-ethyl adjacent to an activating group) is 1. The van der Waals surface area contributed by atoms with Gasteiger partial charge < -0.3 is 15.4 Å². The third kappa shape index (κ3) is 3.72.